The predicted molar refractivity (Wildman–Crippen MR) is 86.9 cm³/mol. The van der Waals surface area contributed by atoms with Crippen LogP contribution in [0, 0.1) is 0 Å². The highest BCUT2D eigenvalue weighted by atomic mass is 15.3. The number of benzene rings is 1. The molecule has 0 spiro atoms. The second-order valence-corrected chi connectivity index (χ2v) is 5.17. The van der Waals surface area contributed by atoms with Crippen LogP contribution in [0.4, 0.5) is 0 Å². The maximum atomic E-state index is 5.68. The Labute approximate surface area is 126 Å². The molecule has 1 aromatic heterocycles. The fourth-order valence-corrected chi connectivity index (χ4v) is 2.38. The third kappa shape index (κ3) is 4.55. The van der Waals surface area contributed by atoms with Crippen molar-refractivity contribution in [1.82, 2.24) is 15.2 Å². The summed E-state index contributed by atoms with van der Waals surface area (Å²) in [5.74, 6) is 5.68. The lowest BCUT2D eigenvalue weighted by Crippen LogP contribution is -2.28. The van der Waals surface area contributed by atoms with E-state index >= 15 is 0 Å². The zero-order valence-electron chi connectivity index (χ0n) is 12.4. The van der Waals surface area contributed by atoms with E-state index in [9.17, 15) is 0 Å². The molecular formula is C17H24N4. The van der Waals surface area contributed by atoms with Crippen molar-refractivity contribution in [2.45, 2.75) is 38.1 Å². The summed E-state index contributed by atoms with van der Waals surface area (Å²) in [7, 11) is 0. The lowest BCUT2D eigenvalue weighted by molar-refractivity contribution is 0.472. The Morgan fingerprint density at radius 3 is 2.71 bits per heavy atom. The summed E-state index contributed by atoms with van der Waals surface area (Å²) < 4.78 is 1.89. The molecule has 0 aliphatic carbocycles. The molecule has 1 aromatic carbocycles. The van der Waals surface area contributed by atoms with Crippen molar-refractivity contribution in [2.24, 2.45) is 5.84 Å². The van der Waals surface area contributed by atoms with Crippen molar-refractivity contribution in [2.75, 3.05) is 0 Å². The van der Waals surface area contributed by atoms with Gasteiger partial charge in [-0.3, -0.25) is 11.3 Å². The Balaban J connectivity index is 1.93. The standard InChI is InChI=1S/C17H24N4/c1-2-3-4-5-9-12-16(19-18)17-13-14-21(20-17)15-10-7-6-8-11-15/h2,6-8,10-11,13-14,16,19H,1,3-5,9,12,18H2. The molecule has 0 saturated heterocycles. The Morgan fingerprint density at radius 2 is 2.00 bits per heavy atom. The van der Waals surface area contributed by atoms with Crippen LogP contribution in [-0.2, 0) is 0 Å². The third-order valence-corrected chi connectivity index (χ3v) is 3.59. The van der Waals surface area contributed by atoms with Crippen molar-refractivity contribution in [3.63, 3.8) is 0 Å². The van der Waals surface area contributed by atoms with Crippen molar-refractivity contribution >= 4 is 0 Å². The van der Waals surface area contributed by atoms with Gasteiger partial charge in [-0.25, -0.2) is 4.68 Å². The van der Waals surface area contributed by atoms with Crippen LogP contribution < -0.4 is 11.3 Å². The van der Waals surface area contributed by atoms with E-state index in [0.717, 1.165) is 30.6 Å². The van der Waals surface area contributed by atoms with Gasteiger partial charge in [0.05, 0.1) is 17.4 Å². The molecule has 0 radical (unpaired) electrons. The average Bonchev–Trinajstić information content (AvgIpc) is 3.01. The number of hydrogen-bond acceptors (Lipinski definition) is 3. The second-order valence-electron chi connectivity index (χ2n) is 5.17. The molecule has 1 atom stereocenters. The molecule has 1 unspecified atom stereocenters. The Kier molecular flexibility index (Phi) is 6.19. The number of allylic oxidation sites excluding steroid dienone is 1. The van der Waals surface area contributed by atoms with Crippen molar-refractivity contribution < 1.29 is 0 Å². The molecule has 21 heavy (non-hydrogen) atoms. The molecule has 0 fully saturated rings. The van der Waals surface area contributed by atoms with Crippen molar-refractivity contribution in [3.05, 3.63) is 60.9 Å². The van der Waals surface area contributed by atoms with Crippen LogP contribution in [0.3, 0.4) is 0 Å². The number of para-hydroxylation sites is 1. The number of rotatable bonds is 9. The van der Waals surface area contributed by atoms with Crippen molar-refractivity contribution in [3.8, 4) is 5.69 Å². The maximum absolute atomic E-state index is 5.68. The van der Waals surface area contributed by atoms with Gasteiger partial charge in [-0.15, -0.1) is 6.58 Å². The van der Waals surface area contributed by atoms with E-state index in [4.69, 9.17) is 5.84 Å². The molecule has 4 nitrogen and oxygen atoms in total. The SMILES string of the molecule is C=CCCCCCC(NN)c1ccn(-c2ccccc2)n1. The summed E-state index contributed by atoms with van der Waals surface area (Å²) in [5.41, 5.74) is 4.93. The van der Waals surface area contributed by atoms with Gasteiger partial charge in [0.15, 0.2) is 0 Å². The highest BCUT2D eigenvalue weighted by Gasteiger charge is 2.12. The maximum Gasteiger partial charge on any atom is 0.0811 e. The highest BCUT2D eigenvalue weighted by molar-refractivity contribution is 5.30. The Bertz CT molecular complexity index is 533. The normalized spacial score (nSPS) is 12.2. The summed E-state index contributed by atoms with van der Waals surface area (Å²) in [6, 6.07) is 12.2. The van der Waals surface area contributed by atoms with Crippen molar-refractivity contribution in [1.29, 1.82) is 0 Å². The van der Waals surface area contributed by atoms with Crippen LogP contribution in [-0.4, -0.2) is 9.78 Å². The fourth-order valence-electron chi connectivity index (χ4n) is 2.38. The van der Waals surface area contributed by atoms with Crippen LogP contribution >= 0.6 is 0 Å². The van der Waals surface area contributed by atoms with Crippen LogP contribution in [0.1, 0.15) is 43.8 Å². The minimum absolute atomic E-state index is 0.110. The fraction of sp³-hybridized carbons (Fsp3) is 0.353. The first-order valence-electron chi connectivity index (χ1n) is 7.53. The monoisotopic (exact) mass is 284 g/mol. The summed E-state index contributed by atoms with van der Waals surface area (Å²) in [4.78, 5) is 0. The number of unbranched alkanes of at least 4 members (excludes halogenated alkanes) is 3. The molecule has 1 heterocycles. The van der Waals surface area contributed by atoms with Gasteiger partial charge >= 0.3 is 0 Å². The first-order valence-corrected chi connectivity index (χ1v) is 7.53. The largest absolute Gasteiger partial charge is 0.271 e. The first-order chi connectivity index (χ1) is 10.3. The van der Waals surface area contributed by atoms with Gasteiger partial charge in [0.1, 0.15) is 0 Å². The predicted octanol–water partition coefficient (Wildman–Crippen LogP) is 3.51. The van der Waals surface area contributed by atoms with Gasteiger partial charge < -0.3 is 0 Å². The topological polar surface area (TPSA) is 55.9 Å². The third-order valence-electron chi connectivity index (χ3n) is 3.59. The molecule has 0 saturated carbocycles. The van der Waals surface area contributed by atoms with Gasteiger partial charge in [0.25, 0.3) is 0 Å². The first kappa shape index (κ1) is 15.5. The number of nitrogens with one attached hydrogen (secondary N) is 1. The number of nitrogens with zero attached hydrogens (tertiary/aromatic N) is 2. The van der Waals surface area contributed by atoms with Crippen LogP contribution in [0.15, 0.2) is 55.3 Å². The Hall–Kier alpha value is -1.91. The molecule has 0 aliphatic heterocycles. The van der Waals surface area contributed by atoms with Crippen LogP contribution in [0.2, 0.25) is 0 Å². The average molecular weight is 284 g/mol. The minimum Gasteiger partial charge on any atom is -0.271 e. The highest BCUT2D eigenvalue weighted by Crippen LogP contribution is 2.19. The molecule has 0 aliphatic rings. The number of aromatic nitrogens is 2. The van der Waals surface area contributed by atoms with E-state index in [2.05, 4.69) is 17.1 Å². The quantitative estimate of drug-likeness (QED) is 0.321. The molecule has 0 amide bonds. The second kappa shape index (κ2) is 8.39. The van der Waals surface area contributed by atoms with E-state index in [1.54, 1.807) is 0 Å². The molecule has 0 bridgehead atoms. The van der Waals surface area contributed by atoms with Gasteiger partial charge in [0, 0.05) is 6.20 Å². The van der Waals surface area contributed by atoms with Gasteiger partial charge in [0.2, 0.25) is 0 Å². The van der Waals surface area contributed by atoms with E-state index in [-0.39, 0.29) is 6.04 Å². The van der Waals surface area contributed by atoms with E-state index in [1.165, 1.54) is 12.8 Å². The summed E-state index contributed by atoms with van der Waals surface area (Å²) in [5, 5.41) is 4.62. The molecule has 2 aromatic rings. The lowest BCUT2D eigenvalue weighted by atomic mass is 10.1. The summed E-state index contributed by atoms with van der Waals surface area (Å²) >= 11 is 0. The van der Waals surface area contributed by atoms with Gasteiger partial charge in [-0.05, 0) is 37.5 Å². The molecule has 3 N–H and O–H groups in total. The zero-order valence-corrected chi connectivity index (χ0v) is 12.4. The van der Waals surface area contributed by atoms with Gasteiger partial charge in [-0.1, -0.05) is 37.1 Å². The summed E-state index contributed by atoms with van der Waals surface area (Å²) in [6.45, 7) is 3.74. The minimum atomic E-state index is 0.110. The lowest BCUT2D eigenvalue weighted by Gasteiger charge is -2.13. The molecule has 2 rings (SSSR count). The number of nitrogens with two attached hydrogens (primary N) is 1. The van der Waals surface area contributed by atoms with Gasteiger partial charge in [-0.2, -0.15) is 5.10 Å². The zero-order chi connectivity index (χ0) is 14.9. The van der Waals surface area contributed by atoms with Crippen LogP contribution in [0.5, 0.6) is 0 Å². The van der Waals surface area contributed by atoms with Crippen LogP contribution in [0.25, 0.3) is 5.69 Å². The molecule has 4 heteroatoms. The summed E-state index contributed by atoms with van der Waals surface area (Å²) in [6.07, 6.45) is 9.57. The Morgan fingerprint density at radius 1 is 1.19 bits per heavy atom. The van der Waals surface area contributed by atoms with E-state index < -0.39 is 0 Å². The molecule has 112 valence electrons. The smallest absolute Gasteiger partial charge is 0.0811 e. The number of hydrogen-bond donors (Lipinski definition) is 2. The van der Waals surface area contributed by atoms with E-state index in [0.29, 0.717) is 0 Å². The van der Waals surface area contributed by atoms with E-state index in [1.807, 2.05) is 53.4 Å². The number of hydrazine groups is 1. The molecular weight excluding hydrogens is 260 g/mol.